The number of aryl methyl sites for hydroxylation is 2. The highest BCUT2D eigenvalue weighted by Crippen LogP contribution is 2.23. The van der Waals surface area contributed by atoms with Crippen molar-refractivity contribution in [3.05, 3.63) is 45.4 Å². The summed E-state index contributed by atoms with van der Waals surface area (Å²) < 4.78 is 11.6. The molecular formula is C20H29IN4O2S. The van der Waals surface area contributed by atoms with Gasteiger partial charge in [0.25, 0.3) is 0 Å². The molecule has 2 N–H and O–H groups in total. The van der Waals surface area contributed by atoms with Gasteiger partial charge in [-0.2, -0.15) is 0 Å². The highest BCUT2D eigenvalue weighted by Gasteiger charge is 2.18. The lowest BCUT2D eigenvalue weighted by molar-refractivity contribution is 0.140. The van der Waals surface area contributed by atoms with Gasteiger partial charge in [0.1, 0.15) is 16.9 Å². The van der Waals surface area contributed by atoms with Gasteiger partial charge >= 0.3 is 0 Å². The second-order valence-corrected chi connectivity index (χ2v) is 7.77. The van der Waals surface area contributed by atoms with Crippen molar-refractivity contribution in [3.63, 3.8) is 0 Å². The summed E-state index contributed by atoms with van der Waals surface area (Å²) in [6.45, 7) is 6.97. The first-order valence-electron chi connectivity index (χ1n) is 9.40. The van der Waals surface area contributed by atoms with Crippen LogP contribution < -0.4 is 15.4 Å². The highest BCUT2D eigenvalue weighted by atomic mass is 127. The fourth-order valence-electron chi connectivity index (χ4n) is 2.86. The van der Waals surface area contributed by atoms with Crippen LogP contribution in [-0.2, 0) is 24.2 Å². The molecule has 6 nitrogen and oxygen atoms in total. The highest BCUT2D eigenvalue weighted by molar-refractivity contribution is 14.0. The van der Waals surface area contributed by atoms with Gasteiger partial charge in [-0.1, -0.05) is 19.1 Å². The molecule has 154 valence electrons. The number of ether oxygens (including phenoxy) is 2. The van der Waals surface area contributed by atoms with E-state index in [4.69, 9.17) is 9.47 Å². The van der Waals surface area contributed by atoms with Gasteiger partial charge in [0.15, 0.2) is 5.96 Å². The van der Waals surface area contributed by atoms with Crippen LogP contribution in [0.15, 0.2) is 29.4 Å². The van der Waals surface area contributed by atoms with Gasteiger partial charge in [0.2, 0.25) is 0 Å². The lowest BCUT2D eigenvalue weighted by Gasteiger charge is -2.18. The monoisotopic (exact) mass is 516 g/mol. The van der Waals surface area contributed by atoms with E-state index in [-0.39, 0.29) is 30.1 Å². The molecule has 1 aromatic carbocycles. The molecule has 0 saturated carbocycles. The number of benzene rings is 1. The molecule has 0 aliphatic carbocycles. The maximum absolute atomic E-state index is 6.16. The molecule has 28 heavy (non-hydrogen) atoms. The molecule has 1 aliphatic rings. The van der Waals surface area contributed by atoms with E-state index in [1.54, 1.807) is 18.4 Å². The molecule has 2 heterocycles. The number of rotatable bonds is 7. The molecule has 1 atom stereocenters. The first kappa shape index (κ1) is 22.9. The Kier molecular flexibility index (Phi) is 9.46. The van der Waals surface area contributed by atoms with Crippen LogP contribution in [-0.4, -0.2) is 37.3 Å². The molecule has 0 amide bonds. The number of halogens is 1. The van der Waals surface area contributed by atoms with Gasteiger partial charge in [0, 0.05) is 36.7 Å². The molecular weight excluding hydrogens is 487 g/mol. The van der Waals surface area contributed by atoms with Crippen LogP contribution in [0, 0.1) is 6.92 Å². The third kappa shape index (κ3) is 6.59. The minimum absolute atomic E-state index is 0. The lowest BCUT2D eigenvalue weighted by atomic mass is 10.1. The Balaban J connectivity index is 0.00000280. The summed E-state index contributed by atoms with van der Waals surface area (Å²) in [7, 11) is 1.77. The minimum atomic E-state index is 0. The Bertz CT molecular complexity index is 775. The lowest BCUT2D eigenvalue weighted by Crippen LogP contribution is -2.36. The summed E-state index contributed by atoms with van der Waals surface area (Å²) in [5.41, 5.74) is 2.30. The minimum Gasteiger partial charge on any atom is -0.488 e. The van der Waals surface area contributed by atoms with Gasteiger partial charge in [0.05, 0.1) is 19.8 Å². The average Bonchev–Trinajstić information content (AvgIpc) is 3.35. The van der Waals surface area contributed by atoms with Crippen molar-refractivity contribution in [2.24, 2.45) is 4.99 Å². The SMILES string of the molecule is CCc1cnc(CNC(=NC)NCc2ccc(C)cc2OC2CCOC2)s1.I. The molecule has 2 aromatic rings. The first-order chi connectivity index (χ1) is 13.2. The second kappa shape index (κ2) is 11.6. The zero-order valence-electron chi connectivity index (χ0n) is 16.7. The zero-order valence-corrected chi connectivity index (χ0v) is 19.8. The fourth-order valence-corrected chi connectivity index (χ4v) is 3.66. The number of nitrogens with one attached hydrogen (secondary N) is 2. The van der Waals surface area contributed by atoms with Crippen LogP contribution in [0.5, 0.6) is 5.75 Å². The first-order valence-corrected chi connectivity index (χ1v) is 10.2. The van der Waals surface area contributed by atoms with Crippen LogP contribution in [0.1, 0.15) is 34.4 Å². The Morgan fingerprint density at radius 1 is 1.36 bits per heavy atom. The van der Waals surface area contributed by atoms with Crippen molar-refractivity contribution in [2.75, 3.05) is 20.3 Å². The Morgan fingerprint density at radius 2 is 2.18 bits per heavy atom. The standard InChI is InChI=1S/C20H28N4O2S.HI/c1-4-17-11-22-19(27-17)12-24-20(21-3)23-10-15-6-5-14(2)9-18(15)26-16-7-8-25-13-16;/h5-6,9,11,16H,4,7-8,10,12-13H2,1-3H3,(H2,21,23,24);1H. The molecule has 0 bridgehead atoms. The predicted molar refractivity (Wildman–Crippen MR) is 125 cm³/mol. The molecule has 1 unspecified atom stereocenters. The number of aromatic nitrogens is 1. The number of hydrogen-bond donors (Lipinski definition) is 2. The summed E-state index contributed by atoms with van der Waals surface area (Å²) in [4.78, 5) is 10.0. The summed E-state index contributed by atoms with van der Waals surface area (Å²) in [5, 5.41) is 7.75. The molecule has 1 saturated heterocycles. The predicted octanol–water partition coefficient (Wildman–Crippen LogP) is 3.66. The maximum atomic E-state index is 6.16. The van der Waals surface area contributed by atoms with Crippen LogP contribution in [0.25, 0.3) is 0 Å². The van der Waals surface area contributed by atoms with E-state index in [9.17, 15) is 0 Å². The van der Waals surface area contributed by atoms with Crippen molar-refractivity contribution in [1.82, 2.24) is 15.6 Å². The summed E-state index contributed by atoms with van der Waals surface area (Å²) in [5.74, 6) is 1.67. The smallest absolute Gasteiger partial charge is 0.191 e. The van der Waals surface area contributed by atoms with Crippen molar-refractivity contribution < 1.29 is 9.47 Å². The average molecular weight is 516 g/mol. The van der Waals surface area contributed by atoms with Crippen molar-refractivity contribution in [1.29, 1.82) is 0 Å². The summed E-state index contributed by atoms with van der Waals surface area (Å²) in [6, 6.07) is 6.30. The van der Waals surface area contributed by atoms with Crippen LogP contribution >= 0.6 is 35.3 Å². The molecule has 0 radical (unpaired) electrons. The normalized spacial score (nSPS) is 16.5. The van der Waals surface area contributed by atoms with Crippen molar-refractivity contribution in [2.45, 2.75) is 45.9 Å². The number of hydrogen-bond acceptors (Lipinski definition) is 5. The van der Waals surface area contributed by atoms with Gasteiger partial charge in [-0.3, -0.25) is 4.99 Å². The Morgan fingerprint density at radius 3 is 2.86 bits per heavy atom. The van der Waals surface area contributed by atoms with E-state index in [0.29, 0.717) is 19.7 Å². The molecule has 8 heteroatoms. The van der Waals surface area contributed by atoms with Crippen molar-refractivity contribution >= 4 is 41.3 Å². The molecule has 1 aromatic heterocycles. The maximum Gasteiger partial charge on any atom is 0.191 e. The van der Waals surface area contributed by atoms with E-state index in [2.05, 4.69) is 52.7 Å². The van der Waals surface area contributed by atoms with Crippen LogP contribution in [0.3, 0.4) is 0 Å². The van der Waals surface area contributed by atoms with E-state index in [0.717, 1.165) is 41.7 Å². The van der Waals surface area contributed by atoms with E-state index in [1.165, 1.54) is 10.4 Å². The topological polar surface area (TPSA) is 67.8 Å². The Hall–Kier alpha value is -1.39. The van der Waals surface area contributed by atoms with Crippen molar-refractivity contribution in [3.8, 4) is 5.75 Å². The molecule has 1 fully saturated rings. The molecule has 3 rings (SSSR count). The number of thiazole rings is 1. The van der Waals surface area contributed by atoms with Gasteiger partial charge in [-0.15, -0.1) is 35.3 Å². The third-order valence-corrected chi connectivity index (χ3v) is 5.57. The molecule has 0 spiro atoms. The van der Waals surface area contributed by atoms with Crippen LogP contribution in [0.4, 0.5) is 0 Å². The Labute approximate surface area is 188 Å². The quantitative estimate of drug-likeness (QED) is 0.334. The van der Waals surface area contributed by atoms with Gasteiger partial charge < -0.3 is 20.1 Å². The van der Waals surface area contributed by atoms with E-state index in [1.807, 2.05) is 6.20 Å². The zero-order chi connectivity index (χ0) is 19.1. The largest absolute Gasteiger partial charge is 0.488 e. The number of aliphatic imine (C=N–C) groups is 1. The number of nitrogens with zero attached hydrogens (tertiary/aromatic N) is 2. The van der Waals surface area contributed by atoms with E-state index < -0.39 is 0 Å². The fraction of sp³-hybridized carbons (Fsp3) is 0.500. The van der Waals surface area contributed by atoms with Gasteiger partial charge in [-0.25, -0.2) is 4.98 Å². The second-order valence-electron chi connectivity index (χ2n) is 6.57. The molecule has 1 aliphatic heterocycles. The van der Waals surface area contributed by atoms with E-state index >= 15 is 0 Å². The third-order valence-electron chi connectivity index (χ3n) is 4.43. The summed E-state index contributed by atoms with van der Waals surface area (Å²) >= 11 is 1.73. The number of guanidine groups is 1. The summed E-state index contributed by atoms with van der Waals surface area (Å²) in [6.07, 6.45) is 4.05. The van der Waals surface area contributed by atoms with Crippen LogP contribution in [0.2, 0.25) is 0 Å². The van der Waals surface area contributed by atoms with Gasteiger partial charge in [-0.05, 0) is 25.0 Å².